The molecular weight excluding hydrogens is 450 g/mol. The van der Waals surface area contributed by atoms with Gasteiger partial charge in [-0.1, -0.05) is 54.4 Å². The third-order valence-electron chi connectivity index (χ3n) is 9.38. The molecule has 0 aromatic carbocycles. The third kappa shape index (κ3) is 10.3. The van der Waals surface area contributed by atoms with Crippen molar-refractivity contribution in [2.45, 2.75) is 92.9 Å². The predicted molar refractivity (Wildman–Crippen MR) is 151 cm³/mol. The minimum absolute atomic E-state index is 0.105. The average Bonchev–Trinajstić information content (AvgIpc) is 3.00. The van der Waals surface area contributed by atoms with Gasteiger partial charge < -0.3 is 19.4 Å². The number of carbonyl (C=O) groups is 2. The summed E-state index contributed by atoms with van der Waals surface area (Å²) in [5.41, 5.74) is 0.349. The molecule has 1 amide bonds. The van der Waals surface area contributed by atoms with E-state index in [-0.39, 0.29) is 23.3 Å². The smallest absolute Gasteiger partial charge is 0.359 e. The molecule has 1 aliphatic rings. The number of quaternary nitrogens is 2. The van der Waals surface area contributed by atoms with E-state index in [1.165, 1.54) is 38.8 Å². The van der Waals surface area contributed by atoms with E-state index in [0.29, 0.717) is 17.4 Å². The third-order valence-corrected chi connectivity index (χ3v) is 9.38. The first kappa shape index (κ1) is 32.9. The van der Waals surface area contributed by atoms with Crippen LogP contribution in [0, 0.1) is 28.6 Å². The van der Waals surface area contributed by atoms with Crippen LogP contribution in [0.25, 0.3) is 0 Å². The van der Waals surface area contributed by atoms with E-state index < -0.39 is 5.97 Å². The van der Waals surface area contributed by atoms with Crippen LogP contribution in [-0.4, -0.2) is 86.9 Å². The summed E-state index contributed by atoms with van der Waals surface area (Å²) >= 11 is 0. The summed E-state index contributed by atoms with van der Waals surface area (Å²) in [6.45, 7) is 18.3. The number of likely N-dealkylation sites (tertiary alicyclic amines) is 1. The Morgan fingerprint density at radius 1 is 1.06 bits per heavy atom. The quantitative estimate of drug-likeness (QED) is 0.203. The summed E-state index contributed by atoms with van der Waals surface area (Å²) in [5, 5.41) is 12.2. The van der Waals surface area contributed by atoms with Crippen LogP contribution in [0.2, 0.25) is 0 Å². The second-order valence-corrected chi connectivity index (χ2v) is 14.3. The molecule has 0 aromatic rings. The van der Waals surface area contributed by atoms with Gasteiger partial charge in [-0.15, -0.1) is 0 Å². The molecule has 0 aromatic heterocycles. The molecule has 212 valence electrons. The first-order chi connectivity index (χ1) is 16.5. The highest BCUT2D eigenvalue weighted by molar-refractivity contribution is 5.75. The molecule has 6 nitrogen and oxygen atoms in total. The van der Waals surface area contributed by atoms with Crippen LogP contribution in [0.4, 0.5) is 0 Å². The van der Waals surface area contributed by atoms with Crippen LogP contribution in [0.3, 0.4) is 0 Å². The number of nitrogens with one attached hydrogen (secondary N) is 1. The van der Waals surface area contributed by atoms with Crippen LogP contribution in [0.1, 0.15) is 92.9 Å². The number of carboxylic acid groups (broad SMARTS) is 1. The normalized spacial score (nSPS) is 23.3. The number of hydrogen-bond donors (Lipinski definition) is 2. The van der Waals surface area contributed by atoms with Gasteiger partial charge in [0.1, 0.15) is 0 Å². The highest BCUT2D eigenvalue weighted by Gasteiger charge is 2.48. The summed E-state index contributed by atoms with van der Waals surface area (Å²) in [6, 6.07) is 0. The van der Waals surface area contributed by atoms with Gasteiger partial charge in [0.2, 0.25) is 5.91 Å². The Morgan fingerprint density at radius 3 is 2.19 bits per heavy atom. The van der Waals surface area contributed by atoms with Gasteiger partial charge in [0.15, 0.2) is 6.54 Å². The van der Waals surface area contributed by atoms with Crippen LogP contribution in [0.5, 0.6) is 0 Å². The van der Waals surface area contributed by atoms with Crippen molar-refractivity contribution in [3.63, 3.8) is 0 Å². The summed E-state index contributed by atoms with van der Waals surface area (Å²) in [7, 11) is 8.64. The maximum absolute atomic E-state index is 12.8. The number of carbonyl (C=O) groups excluding carboxylic acids is 1. The van der Waals surface area contributed by atoms with Crippen LogP contribution in [-0.2, 0) is 9.59 Å². The minimum atomic E-state index is -0.784. The van der Waals surface area contributed by atoms with Gasteiger partial charge in [-0.05, 0) is 42.4 Å². The number of likely N-dealkylation sites (N-methyl/N-ethyl adjacent to an activating group) is 1. The zero-order valence-electron chi connectivity index (χ0n) is 25.6. The van der Waals surface area contributed by atoms with Crippen molar-refractivity contribution < 1.29 is 23.7 Å². The van der Waals surface area contributed by atoms with Crippen LogP contribution >= 0.6 is 0 Å². The highest BCUT2D eigenvalue weighted by Crippen LogP contribution is 2.54. The number of hydrogen-bond acceptors (Lipinski definition) is 2. The first-order valence-corrected chi connectivity index (χ1v) is 14.6. The Kier molecular flexibility index (Phi) is 12.4. The zero-order valence-corrected chi connectivity index (χ0v) is 25.6. The lowest BCUT2D eigenvalue weighted by atomic mass is 9.56. The fourth-order valence-corrected chi connectivity index (χ4v) is 7.09. The lowest BCUT2D eigenvalue weighted by Crippen LogP contribution is -2.45. The van der Waals surface area contributed by atoms with E-state index in [2.05, 4.69) is 61.0 Å². The topological polar surface area (TPSA) is 66.4 Å². The Morgan fingerprint density at radius 2 is 1.67 bits per heavy atom. The minimum Gasteiger partial charge on any atom is -0.477 e. The molecule has 1 rings (SSSR count). The molecule has 6 heteroatoms. The van der Waals surface area contributed by atoms with Crippen molar-refractivity contribution in [3.05, 3.63) is 0 Å². The molecule has 4 unspecified atom stereocenters. The molecule has 0 radical (unpaired) electrons. The number of amides is 1. The number of aliphatic carboxylic acids is 1. The van der Waals surface area contributed by atoms with Gasteiger partial charge in [-0.25, -0.2) is 4.79 Å². The van der Waals surface area contributed by atoms with Gasteiger partial charge >= 0.3 is 5.97 Å². The fourth-order valence-electron chi connectivity index (χ4n) is 7.09. The molecule has 0 spiro atoms. The zero-order chi connectivity index (χ0) is 27.8. The van der Waals surface area contributed by atoms with Crippen molar-refractivity contribution >= 4 is 11.9 Å². The van der Waals surface area contributed by atoms with E-state index in [4.69, 9.17) is 5.11 Å². The van der Waals surface area contributed by atoms with E-state index in [9.17, 15) is 9.59 Å². The van der Waals surface area contributed by atoms with Crippen LogP contribution in [0.15, 0.2) is 0 Å². The Bertz CT molecular complexity index is 706. The van der Waals surface area contributed by atoms with Crippen LogP contribution < -0.4 is 5.32 Å². The Hall–Kier alpha value is -1.14. The van der Waals surface area contributed by atoms with Gasteiger partial charge in [-0.3, -0.25) is 4.79 Å². The molecule has 0 aliphatic carbocycles. The summed E-state index contributed by atoms with van der Waals surface area (Å²) in [5.74, 6) is 1.64. The molecule has 0 bridgehead atoms. The van der Waals surface area contributed by atoms with Gasteiger partial charge in [0, 0.05) is 31.2 Å². The number of carboxylic acids is 1. The van der Waals surface area contributed by atoms with Gasteiger partial charge in [0.05, 0.1) is 47.8 Å². The molecule has 1 aliphatic heterocycles. The van der Waals surface area contributed by atoms with Gasteiger partial charge in [-0.2, -0.15) is 0 Å². The predicted octanol–water partition coefficient (Wildman–Crippen LogP) is 5.42. The maximum Gasteiger partial charge on any atom is 0.359 e. The Balaban J connectivity index is 2.79. The lowest BCUT2D eigenvalue weighted by molar-refractivity contribution is -0.883. The molecule has 1 heterocycles. The van der Waals surface area contributed by atoms with Crippen molar-refractivity contribution in [3.8, 4) is 0 Å². The monoisotopic (exact) mass is 511 g/mol. The summed E-state index contributed by atoms with van der Waals surface area (Å²) in [4.78, 5) is 23.8. The first-order valence-electron chi connectivity index (χ1n) is 14.6. The van der Waals surface area contributed by atoms with E-state index in [0.717, 1.165) is 48.0 Å². The second kappa shape index (κ2) is 13.6. The number of nitrogens with zero attached hydrogens (tertiary/aromatic N) is 2. The SMILES string of the molecule is CCCC(C)(CC1C[N+](C)(C)CC1CC(C)C)C(C)(CC)CCC(=O)NCCC[N+](C)(C)CC(=O)O. The summed E-state index contributed by atoms with van der Waals surface area (Å²) in [6.07, 6.45) is 8.36. The second-order valence-electron chi connectivity index (χ2n) is 14.3. The number of rotatable bonds is 17. The maximum atomic E-state index is 12.8. The largest absolute Gasteiger partial charge is 0.477 e. The lowest BCUT2D eigenvalue weighted by Gasteiger charge is -2.49. The average molecular weight is 512 g/mol. The van der Waals surface area contributed by atoms with Crippen molar-refractivity contribution in [1.82, 2.24) is 5.32 Å². The molecular formula is C30H61N3O3+2. The molecule has 2 N–H and O–H groups in total. The van der Waals surface area contributed by atoms with Crippen molar-refractivity contribution in [1.29, 1.82) is 0 Å². The van der Waals surface area contributed by atoms with Crippen molar-refractivity contribution in [2.24, 2.45) is 28.6 Å². The molecule has 36 heavy (non-hydrogen) atoms. The molecule has 0 saturated carbocycles. The molecule has 1 saturated heterocycles. The standard InChI is InChI=1S/C30H59N3O3/c1-11-15-30(6,20-26-22-33(9,10)21-25(26)19-24(3)4)29(5,12-2)16-14-27(34)31-17-13-18-32(7,8)23-28(35)36/h24-26H,11-23H2,1-10H3/p+2. The van der Waals surface area contributed by atoms with Crippen molar-refractivity contribution in [2.75, 3.05) is 60.9 Å². The molecule has 1 fully saturated rings. The van der Waals surface area contributed by atoms with E-state index in [1.807, 2.05) is 14.1 Å². The highest BCUT2D eigenvalue weighted by atomic mass is 16.4. The fraction of sp³-hybridized carbons (Fsp3) is 0.933. The van der Waals surface area contributed by atoms with E-state index >= 15 is 0 Å². The van der Waals surface area contributed by atoms with Gasteiger partial charge in [0.25, 0.3) is 0 Å². The summed E-state index contributed by atoms with van der Waals surface area (Å²) < 4.78 is 1.57. The Labute approximate surface area is 223 Å². The van der Waals surface area contributed by atoms with E-state index in [1.54, 1.807) is 0 Å². The molecule has 4 atom stereocenters.